The largest absolute Gasteiger partial charge is 0.295 e. The first-order valence-electron chi connectivity index (χ1n) is 3.82. The highest BCUT2D eigenvalue weighted by Crippen LogP contribution is 2.16. The monoisotopic (exact) mass is 197 g/mol. The molecule has 1 heterocycles. The number of thioether (sulfide) groups is 1. The van der Waals surface area contributed by atoms with Gasteiger partial charge in [0.1, 0.15) is 6.67 Å². The summed E-state index contributed by atoms with van der Waals surface area (Å²) in [6.45, 7) is 1.29. The van der Waals surface area contributed by atoms with Crippen molar-refractivity contribution < 1.29 is 4.39 Å². The van der Waals surface area contributed by atoms with E-state index in [2.05, 4.69) is 4.90 Å². The maximum absolute atomic E-state index is 12.0. The smallest absolute Gasteiger partial charge is 0.102 e. The van der Waals surface area contributed by atoms with Crippen LogP contribution in [0.2, 0.25) is 0 Å². The normalized spacial score (nSPS) is 27.3. The van der Waals surface area contributed by atoms with Crippen molar-refractivity contribution in [2.45, 2.75) is 6.04 Å². The summed E-state index contributed by atoms with van der Waals surface area (Å²) < 4.78 is 12.0. The van der Waals surface area contributed by atoms with Crippen LogP contribution < -0.4 is 0 Å². The maximum Gasteiger partial charge on any atom is 0.102 e. The van der Waals surface area contributed by atoms with Crippen LogP contribution in [-0.4, -0.2) is 48.1 Å². The van der Waals surface area contributed by atoms with Gasteiger partial charge in [-0.1, -0.05) is 0 Å². The van der Waals surface area contributed by atoms with E-state index in [9.17, 15) is 4.39 Å². The summed E-state index contributed by atoms with van der Waals surface area (Å²) in [5.41, 5.74) is 0. The zero-order valence-electron chi connectivity index (χ0n) is 6.43. The first-order chi connectivity index (χ1) is 5.38. The Hall–Kier alpha value is 0.530. The Kier molecular flexibility index (Phi) is 4.57. The van der Waals surface area contributed by atoms with Crippen molar-refractivity contribution >= 4 is 23.4 Å². The molecule has 11 heavy (non-hydrogen) atoms. The molecule has 0 bridgehead atoms. The summed E-state index contributed by atoms with van der Waals surface area (Å²) in [4.78, 5) is 2.14. The summed E-state index contributed by atoms with van der Waals surface area (Å²) in [6, 6.07) is 0.395. The molecule has 0 radical (unpaired) electrons. The fourth-order valence-corrected chi connectivity index (χ4v) is 2.80. The van der Waals surface area contributed by atoms with Crippen LogP contribution in [-0.2, 0) is 0 Å². The molecule has 1 nitrogen and oxygen atoms in total. The van der Waals surface area contributed by atoms with Crippen LogP contribution in [0.15, 0.2) is 0 Å². The van der Waals surface area contributed by atoms with E-state index < -0.39 is 0 Å². The zero-order valence-corrected chi connectivity index (χ0v) is 8.00. The number of alkyl halides is 2. The Labute approximate surface area is 76.3 Å². The molecule has 1 atom stereocenters. The Bertz CT molecular complexity index is 113. The van der Waals surface area contributed by atoms with E-state index in [4.69, 9.17) is 11.6 Å². The molecule has 0 aromatic rings. The Balaban J connectivity index is 2.31. The first-order valence-corrected chi connectivity index (χ1v) is 5.51. The number of halogens is 2. The highest BCUT2D eigenvalue weighted by atomic mass is 35.5. The summed E-state index contributed by atoms with van der Waals surface area (Å²) in [6.07, 6.45) is 0. The van der Waals surface area contributed by atoms with Crippen molar-refractivity contribution in [3.63, 3.8) is 0 Å². The molecule has 1 rings (SSSR count). The summed E-state index contributed by atoms with van der Waals surface area (Å²) in [5.74, 6) is 2.81. The molecule has 0 aromatic heterocycles. The van der Waals surface area contributed by atoms with E-state index in [0.717, 1.165) is 18.1 Å². The maximum atomic E-state index is 12.0. The second-order valence-corrected chi connectivity index (χ2v) is 4.07. The number of rotatable bonds is 3. The fourth-order valence-electron chi connectivity index (χ4n) is 1.23. The molecule has 66 valence electrons. The number of hydrogen-bond donors (Lipinski definition) is 0. The van der Waals surface area contributed by atoms with Gasteiger partial charge in [-0.3, -0.25) is 4.90 Å². The van der Waals surface area contributed by atoms with E-state index in [1.54, 1.807) is 0 Å². The Morgan fingerprint density at radius 2 is 2.45 bits per heavy atom. The van der Waals surface area contributed by atoms with Gasteiger partial charge in [-0.15, -0.1) is 11.6 Å². The highest BCUT2D eigenvalue weighted by Gasteiger charge is 2.20. The standard InChI is InChI=1S/C7H13ClFNS/c8-5-7-6-11-4-3-10(7)2-1-9/h7H,1-6H2. The minimum atomic E-state index is -0.252. The third kappa shape index (κ3) is 2.80. The van der Waals surface area contributed by atoms with Crippen molar-refractivity contribution in [3.8, 4) is 0 Å². The average Bonchev–Trinajstić information content (AvgIpc) is 2.06. The summed E-state index contributed by atoms with van der Waals surface area (Å²) in [7, 11) is 0. The zero-order chi connectivity index (χ0) is 8.10. The molecule has 1 unspecified atom stereocenters. The Morgan fingerprint density at radius 1 is 1.64 bits per heavy atom. The predicted octanol–water partition coefficient (Wildman–Crippen LogP) is 1.61. The van der Waals surface area contributed by atoms with Crippen LogP contribution in [0.4, 0.5) is 4.39 Å². The minimum Gasteiger partial charge on any atom is -0.295 e. The minimum absolute atomic E-state index is 0.252. The van der Waals surface area contributed by atoms with Gasteiger partial charge in [-0.05, 0) is 0 Å². The average molecular weight is 198 g/mol. The quantitative estimate of drug-likeness (QED) is 0.633. The van der Waals surface area contributed by atoms with Gasteiger partial charge in [0.05, 0.1) is 0 Å². The van der Waals surface area contributed by atoms with Crippen molar-refractivity contribution in [2.24, 2.45) is 0 Å². The van der Waals surface area contributed by atoms with Gasteiger partial charge in [-0.2, -0.15) is 11.8 Å². The van der Waals surface area contributed by atoms with Crippen LogP contribution in [0.3, 0.4) is 0 Å². The molecular formula is C7H13ClFNS. The molecule has 0 saturated carbocycles. The molecule has 0 N–H and O–H groups in total. The number of nitrogens with zero attached hydrogens (tertiary/aromatic N) is 1. The molecule has 0 spiro atoms. The van der Waals surface area contributed by atoms with Gasteiger partial charge in [0, 0.05) is 36.5 Å². The predicted molar refractivity (Wildman–Crippen MR) is 49.4 cm³/mol. The molecule has 1 fully saturated rings. The second-order valence-electron chi connectivity index (χ2n) is 2.61. The topological polar surface area (TPSA) is 3.24 Å². The van der Waals surface area contributed by atoms with Gasteiger partial charge in [0.2, 0.25) is 0 Å². The summed E-state index contributed by atoms with van der Waals surface area (Å²) >= 11 is 7.64. The van der Waals surface area contributed by atoms with E-state index in [0.29, 0.717) is 18.5 Å². The third-order valence-corrected chi connectivity index (χ3v) is 3.35. The van der Waals surface area contributed by atoms with Gasteiger partial charge in [0.15, 0.2) is 0 Å². The van der Waals surface area contributed by atoms with Crippen molar-refractivity contribution in [1.29, 1.82) is 0 Å². The van der Waals surface area contributed by atoms with Crippen LogP contribution in [0.5, 0.6) is 0 Å². The fraction of sp³-hybridized carbons (Fsp3) is 1.00. The lowest BCUT2D eigenvalue weighted by molar-refractivity contribution is 0.214. The molecule has 1 aliphatic heterocycles. The van der Waals surface area contributed by atoms with Crippen LogP contribution in [0, 0.1) is 0 Å². The molecule has 4 heteroatoms. The molecular weight excluding hydrogens is 185 g/mol. The first kappa shape index (κ1) is 9.62. The SMILES string of the molecule is FCCN1CCSCC1CCl. The van der Waals surface area contributed by atoms with E-state index >= 15 is 0 Å². The molecule has 1 saturated heterocycles. The van der Waals surface area contributed by atoms with E-state index in [-0.39, 0.29) is 6.67 Å². The van der Waals surface area contributed by atoms with Crippen LogP contribution in [0.1, 0.15) is 0 Å². The van der Waals surface area contributed by atoms with Crippen molar-refractivity contribution in [3.05, 3.63) is 0 Å². The lowest BCUT2D eigenvalue weighted by Crippen LogP contribution is -2.44. The molecule has 1 aliphatic rings. The van der Waals surface area contributed by atoms with Crippen LogP contribution in [0.25, 0.3) is 0 Å². The van der Waals surface area contributed by atoms with Gasteiger partial charge in [-0.25, -0.2) is 4.39 Å². The lowest BCUT2D eigenvalue weighted by atomic mass is 10.3. The Morgan fingerprint density at radius 3 is 3.09 bits per heavy atom. The third-order valence-electron chi connectivity index (χ3n) is 1.90. The van der Waals surface area contributed by atoms with Crippen molar-refractivity contribution in [2.75, 3.05) is 37.1 Å². The summed E-state index contributed by atoms with van der Waals surface area (Å²) in [5, 5.41) is 0. The van der Waals surface area contributed by atoms with Gasteiger partial charge in [0.25, 0.3) is 0 Å². The van der Waals surface area contributed by atoms with E-state index in [1.807, 2.05) is 11.8 Å². The second kappa shape index (κ2) is 5.22. The van der Waals surface area contributed by atoms with E-state index in [1.165, 1.54) is 0 Å². The molecule has 0 aliphatic carbocycles. The van der Waals surface area contributed by atoms with Gasteiger partial charge < -0.3 is 0 Å². The highest BCUT2D eigenvalue weighted by molar-refractivity contribution is 7.99. The molecule has 0 aromatic carbocycles. The molecule has 0 amide bonds. The van der Waals surface area contributed by atoms with Gasteiger partial charge >= 0.3 is 0 Å². The van der Waals surface area contributed by atoms with Crippen molar-refractivity contribution in [1.82, 2.24) is 4.90 Å². The number of hydrogen-bond acceptors (Lipinski definition) is 2. The van der Waals surface area contributed by atoms with Crippen LogP contribution >= 0.6 is 23.4 Å². The lowest BCUT2D eigenvalue weighted by Gasteiger charge is -2.33.